The number of hydrogen-bond donors (Lipinski definition) is 2. The van der Waals surface area contributed by atoms with Gasteiger partial charge in [-0.1, -0.05) is 17.3 Å². The van der Waals surface area contributed by atoms with Gasteiger partial charge in [0, 0.05) is 0 Å². The molecule has 1 fully saturated rings. The molecule has 1 aromatic carbocycles. The highest BCUT2D eigenvalue weighted by Gasteiger charge is 2.54. The number of carbonyl (C=O) groups is 4. The molecule has 1 unspecified atom stereocenters. The molecule has 11 nitrogen and oxygen atoms in total. The lowest BCUT2D eigenvalue weighted by molar-refractivity contribution is -0.137. The Morgan fingerprint density at radius 2 is 1.90 bits per heavy atom. The Morgan fingerprint density at radius 1 is 1.19 bits per heavy atom. The van der Waals surface area contributed by atoms with Crippen LogP contribution in [-0.2, 0) is 14.3 Å². The monoisotopic (exact) mass is 425 g/mol. The van der Waals surface area contributed by atoms with E-state index in [1.165, 1.54) is 27.7 Å². The Balaban J connectivity index is 1.74. The van der Waals surface area contributed by atoms with Crippen LogP contribution in [0.15, 0.2) is 28.8 Å². The smallest absolute Gasteiger partial charge is 0.418 e. The number of carbonyl (C=O) groups excluding carboxylic acids is 4. The number of para-hydroxylation sites is 2. The molecule has 3 aromatic rings. The molecule has 11 heteroatoms. The Labute approximate surface area is 175 Å². The Hall–Kier alpha value is -4.02. The minimum absolute atomic E-state index is 0.00932. The number of nitrogens with one attached hydrogen (secondary N) is 2. The zero-order chi connectivity index (χ0) is 22.5. The molecule has 0 spiro atoms. The van der Waals surface area contributed by atoms with Crippen LogP contribution in [0.4, 0.5) is 10.7 Å². The number of aryl methyl sites for hydroxylation is 2. The van der Waals surface area contributed by atoms with Gasteiger partial charge in [-0.15, -0.1) is 0 Å². The number of anilines is 1. The van der Waals surface area contributed by atoms with E-state index in [0.29, 0.717) is 15.9 Å². The fourth-order valence-corrected chi connectivity index (χ4v) is 3.43. The van der Waals surface area contributed by atoms with Gasteiger partial charge in [-0.2, -0.15) is 0 Å². The minimum atomic E-state index is -1.84. The molecule has 1 atom stereocenters. The van der Waals surface area contributed by atoms with Crippen LogP contribution in [-0.4, -0.2) is 55.4 Å². The highest BCUT2D eigenvalue weighted by Crippen LogP contribution is 2.28. The van der Waals surface area contributed by atoms with E-state index in [-0.39, 0.29) is 23.0 Å². The first-order valence-corrected chi connectivity index (χ1v) is 9.39. The average molecular weight is 425 g/mol. The van der Waals surface area contributed by atoms with E-state index >= 15 is 0 Å². The minimum Gasteiger partial charge on any atom is -0.433 e. The SMILES string of the molecule is Cc1noc(C)c1C(=O)C(C(=O)Nc1nc2ccccc2[nH]1)N1C(=O)OC(C)(C)C1=O. The summed E-state index contributed by atoms with van der Waals surface area (Å²) in [4.78, 5) is 59.5. The quantitative estimate of drug-likeness (QED) is 0.466. The molecule has 2 aromatic heterocycles. The number of H-pyrrole nitrogens is 1. The van der Waals surface area contributed by atoms with Crippen LogP contribution >= 0.6 is 0 Å². The van der Waals surface area contributed by atoms with Crippen molar-refractivity contribution in [3.05, 3.63) is 41.3 Å². The second-order valence-electron chi connectivity index (χ2n) is 7.61. The number of imide groups is 1. The van der Waals surface area contributed by atoms with Gasteiger partial charge in [-0.05, 0) is 39.8 Å². The van der Waals surface area contributed by atoms with Gasteiger partial charge in [-0.25, -0.2) is 14.7 Å². The first kappa shape index (κ1) is 20.3. The van der Waals surface area contributed by atoms with Crippen molar-refractivity contribution in [1.82, 2.24) is 20.0 Å². The zero-order valence-electron chi connectivity index (χ0n) is 17.2. The third-order valence-corrected chi connectivity index (χ3v) is 4.94. The standard InChI is InChI=1S/C20H19N5O6/c1-9-13(10(2)31-24-9)15(26)14(25-17(28)20(3,4)30-19(25)29)16(27)23-18-21-11-7-5-6-8-12(11)22-18/h5-8,14H,1-4H3,(H2,21,22,23,27). The molecule has 1 aliphatic heterocycles. The summed E-state index contributed by atoms with van der Waals surface area (Å²) in [5.41, 5.74) is -0.0414. The highest BCUT2D eigenvalue weighted by molar-refractivity contribution is 6.22. The lowest BCUT2D eigenvalue weighted by Gasteiger charge is -2.22. The van der Waals surface area contributed by atoms with Gasteiger partial charge in [0.15, 0.2) is 11.6 Å². The van der Waals surface area contributed by atoms with Gasteiger partial charge in [0.05, 0.1) is 22.3 Å². The fourth-order valence-electron chi connectivity index (χ4n) is 3.43. The van der Waals surface area contributed by atoms with Crippen molar-refractivity contribution < 1.29 is 28.4 Å². The van der Waals surface area contributed by atoms with Crippen molar-refractivity contribution in [2.45, 2.75) is 39.3 Å². The maximum Gasteiger partial charge on any atom is 0.418 e. The van der Waals surface area contributed by atoms with Crippen LogP contribution in [0.25, 0.3) is 11.0 Å². The Morgan fingerprint density at radius 3 is 2.48 bits per heavy atom. The summed E-state index contributed by atoms with van der Waals surface area (Å²) in [7, 11) is 0. The Kier molecular flexibility index (Phi) is 4.60. The summed E-state index contributed by atoms with van der Waals surface area (Å²) >= 11 is 0. The summed E-state index contributed by atoms with van der Waals surface area (Å²) in [5, 5.41) is 6.20. The summed E-state index contributed by atoms with van der Waals surface area (Å²) in [6.45, 7) is 5.77. The number of ketones is 1. The number of amides is 3. The van der Waals surface area contributed by atoms with Crippen LogP contribution in [0, 0.1) is 13.8 Å². The van der Waals surface area contributed by atoms with Crippen LogP contribution in [0.1, 0.15) is 35.7 Å². The van der Waals surface area contributed by atoms with Crippen LogP contribution in [0.5, 0.6) is 0 Å². The van der Waals surface area contributed by atoms with E-state index in [9.17, 15) is 19.2 Å². The number of cyclic esters (lactones) is 1. The number of imidazole rings is 1. The molecule has 2 N–H and O–H groups in total. The fraction of sp³-hybridized carbons (Fsp3) is 0.300. The van der Waals surface area contributed by atoms with Crippen molar-refractivity contribution in [2.75, 3.05) is 5.32 Å². The van der Waals surface area contributed by atoms with Crippen molar-refractivity contribution in [1.29, 1.82) is 0 Å². The van der Waals surface area contributed by atoms with Gasteiger partial charge in [-0.3, -0.25) is 19.7 Å². The second-order valence-corrected chi connectivity index (χ2v) is 7.61. The van der Waals surface area contributed by atoms with Gasteiger partial charge < -0.3 is 14.2 Å². The predicted octanol–water partition coefficient (Wildman–Crippen LogP) is 2.12. The molecule has 1 saturated heterocycles. The topological polar surface area (TPSA) is 147 Å². The molecule has 160 valence electrons. The van der Waals surface area contributed by atoms with Crippen molar-refractivity contribution >= 4 is 40.7 Å². The number of rotatable bonds is 5. The molecule has 3 heterocycles. The van der Waals surface area contributed by atoms with Gasteiger partial charge in [0.1, 0.15) is 5.76 Å². The number of aromatic nitrogens is 3. The third kappa shape index (κ3) is 3.33. The summed E-state index contributed by atoms with van der Waals surface area (Å²) in [5.74, 6) is -2.37. The van der Waals surface area contributed by atoms with E-state index in [0.717, 1.165) is 0 Å². The number of ether oxygens (including phenoxy) is 1. The third-order valence-electron chi connectivity index (χ3n) is 4.94. The lowest BCUT2D eigenvalue weighted by Crippen LogP contribution is -2.53. The Bertz CT molecular complexity index is 1190. The van der Waals surface area contributed by atoms with E-state index < -0.39 is 35.3 Å². The number of nitrogens with zero attached hydrogens (tertiary/aromatic N) is 3. The molecular weight excluding hydrogens is 406 g/mol. The van der Waals surface area contributed by atoms with E-state index in [1.807, 2.05) is 0 Å². The number of aromatic amines is 1. The number of fused-ring (bicyclic) bond motifs is 1. The van der Waals surface area contributed by atoms with Crippen molar-refractivity contribution in [2.24, 2.45) is 0 Å². The number of benzene rings is 1. The molecule has 4 rings (SSSR count). The predicted molar refractivity (Wildman–Crippen MR) is 106 cm³/mol. The molecular formula is C20H19N5O6. The van der Waals surface area contributed by atoms with E-state index in [1.54, 1.807) is 24.3 Å². The maximum absolute atomic E-state index is 13.3. The van der Waals surface area contributed by atoms with Crippen molar-refractivity contribution in [3.63, 3.8) is 0 Å². The first-order chi connectivity index (χ1) is 14.6. The average Bonchev–Trinajstić information content (AvgIpc) is 3.31. The molecule has 0 saturated carbocycles. The first-order valence-electron chi connectivity index (χ1n) is 9.39. The molecule has 31 heavy (non-hydrogen) atoms. The number of Topliss-reactive ketones (excluding diaryl/α,β-unsaturated/α-hetero) is 1. The van der Waals surface area contributed by atoms with Crippen LogP contribution < -0.4 is 5.32 Å². The summed E-state index contributed by atoms with van der Waals surface area (Å²) in [6, 6.07) is 5.22. The second kappa shape index (κ2) is 7.04. The highest BCUT2D eigenvalue weighted by atomic mass is 16.6. The molecule has 0 radical (unpaired) electrons. The number of hydrogen-bond acceptors (Lipinski definition) is 8. The molecule has 0 bridgehead atoms. The lowest BCUT2D eigenvalue weighted by atomic mass is 9.99. The van der Waals surface area contributed by atoms with Crippen molar-refractivity contribution in [3.8, 4) is 0 Å². The van der Waals surface area contributed by atoms with E-state index in [2.05, 4.69) is 20.4 Å². The largest absolute Gasteiger partial charge is 0.433 e. The molecule has 1 aliphatic rings. The summed E-state index contributed by atoms with van der Waals surface area (Å²) in [6.07, 6.45) is -1.10. The van der Waals surface area contributed by atoms with E-state index in [4.69, 9.17) is 9.26 Å². The van der Waals surface area contributed by atoms with Gasteiger partial charge >= 0.3 is 6.09 Å². The molecule has 0 aliphatic carbocycles. The zero-order valence-corrected chi connectivity index (χ0v) is 17.2. The maximum atomic E-state index is 13.3. The normalized spacial score (nSPS) is 16.5. The summed E-state index contributed by atoms with van der Waals surface area (Å²) < 4.78 is 10.1. The van der Waals surface area contributed by atoms with Crippen LogP contribution in [0.3, 0.4) is 0 Å². The van der Waals surface area contributed by atoms with Crippen LogP contribution in [0.2, 0.25) is 0 Å². The molecule has 3 amide bonds. The van der Waals surface area contributed by atoms with Gasteiger partial charge in [0.25, 0.3) is 11.8 Å². The van der Waals surface area contributed by atoms with Gasteiger partial charge in [0.2, 0.25) is 11.7 Å².